The maximum absolute atomic E-state index is 12.5. The molecule has 0 aliphatic heterocycles. The number of benzene rings is 1. The standard InChI is InChI=1S/C17H22N4O9S/c1-31(29,30)9-4-2-8(3-5-9)15(26)19-12-14(20-17(28)21-16(12)27)18-6-10(23)13(25)11(24)7-22/h2-5,10-11,13,22-25H,6-7H2,1H3,(H,19,26)(H3,18,20,21,27,28)/t10-,11+,13?/m0/s1. The molecule has 0 aliphatic rings. The van der Waals surface area contributed by atoms with E-state index in [-0.39, 0.29) is 16.3 Å². The molecule has 170 valence electrons. The van der Waals surface area contributed by atoms with Crippen LogP contribution in [0.15, 0.2) is 38.8 Å². The van der Waals surface area contributed by atoms with Crippen LogP contribution in [0.4, 0.5) is 11.5 Å². The summed E-state index contributed by atoms with van der Waals surface area (Å²) in [7, 11) is -3.47. The van der Waals surface area contributed by atoms with Crippen LogP contribution < -0.4 is 21.9 Å². The zero-order chi connectivity index (χ0) is 23.3. The van der Waals surface area contributed by atoms with Crippen molar-refractivity contribution in [1.82, 2.24) is 9.97 Å². The van der Waals surface area contributed by atoms with E-state index in [0.29, 0.717) is 0 Å². The first-order valence-electron chi connectivity index (χ1n) is 8.81. The Bertz CT molecular complexity index is 1140. The summed E-state index contributed by atoms with van der Waals surface area (Å²) in [5.74, 6) is -1.09. The molecule has 2 rings (SSSR count). The van der Waals surface area contributed by atoms with E-state index in [1.165, 1.54) is 24.3 Å². The number of rotatable bonds is 9. The average Bonchev–Trinajstić information content (AvgIpc) is 2.72. The predicted molar refractivity (Wildman–Crippen MR) is 109 cm³/mol. The average molecular weight is 458 g/mol. The first kappa shape index (κ1) is 24.2. The number of hydrogen-bond donors (Lipinski definition) is 8. The Morgan fingerprint density at radius 2 is 1.68 bits per heavy atom. The van der Waals surface area contributed by atoms with Gasteiger partial charge >= 0.3 is 5.69 Å². The third-order valence-electron chi connectivity index (χ3n) is 4.19. The molecule has 1 heterocycles. The number of sulfone groups is 1. The van der Waals surface area contributed by atoms with Gasteiger partial charge in [0.25, 0.3) is 11.5 Å². The molecule has 31 heavy (non-hydrogen) atoms. The number of H-pyrrole nitrogens is 2. The highest BCUT2D eigenvalue weighted by Gasteiger charge is 2.24. The molecule has 0 fully saturated rings. The molecule has 1 aromatic heterocycles. The predicted octanol–water partition coefficient (Wildman–Crippen LogP) is -2.79. The Labute approximate surface area is 175 Å². The largest absolute Gasteiger partial charge is 0.394 e. The van der Waals surface area contributed by atoms with Gasteiger partial charge < -0.3 is 31.1 Å². The molecule has 0 aliphatic carbocycles. The maximum atomic E-state index is 12.5. The normalized spacial score (nSPS) is 14.5. The Balaban J connectivity index is 2.24. The van der Waals surface area contributed by atoms with Crippen LogP contribution in [0.5, 0.6) is 0 Å². The van der Waals surface area contributed by atoms with Gasteiger partial charge in [0.2, 0.25) is 0 Å². The second kappa shape index (κ2) is 9.84. The molecule has 1 amide bonds. The fourth-order valence-electron chi connectivity index (χ4n) is 2.47. The van der Waals surface area contributed by atoms with Gasteiger partial charge in [0.1, 0.15) is 23.7 Å². The SMILES string of the molecule is CS(=O)(=O)c1ccc(C(=O)Nc2c(NC[C@H](O)C(O)[C@H](O)CO)[nH]c(=O)[nH]c2=O)cc1. The van der Waals surface area contributed by atoms with Crippen molar-refractivity contribution in [2.24, 2.45) is 0 Å². The lowest BCUT2D eigenvalue weighted by atomic mass is 10.1. The van der Waals surface area contributed by atoms with Crippen molar-refractivity contribution in [1.29, 1.82) is 0 Å². The van der Waals surface area contributed by atoms with E-state index in [4.69, 9.17) is 5.11 Å². The molecule has 1 unspecified atom stereocenters. The number of amides is 1. The van der Waals surface area contributed by atoms with Crippen LogP contribution in [0.1, 0.15) is 10.4 Å². The number of carbonyl (C=O) groups is 1. The number of hydrogen-bond acceptors (Lipinski definition) is 10. The van der Waals surface area contributed by atoms with Gasteiger partial charge in [-0.3, -0.25) is 19.6 Å². The van der Waals surface area contributed by atoms with Crippen LogP contribution in [-0.2, 0) is 9.84 Å². The maximum Gasteiger partial charge on any atom is 0.327 e. The zero-order valence-electron chi connectivity index (χ0n) is 16.2. The zero-order valence-corrected chi connectivity index (χ0v) is 17.0. The summed E-state index contributed by atoms with van der Waals surface area (Å²) >= 11 is 0. The lowest BCUT2D eigenvalue weighted by molar-refractivity contribution is -0.0715. The molecular formula is C17H22N4O9S. The van der Waals surface area contributed by atoms with Gasteiger partial charge in [-0.15, -0.1) is 0 Å². The number of aromatic amines is 2. The van der Waals surface area contributed by atoms with Crippen LogP contribution >= 0.6 is 0 Å². The Kier molecular flexibility index (Phi) is 7.70. The Morgan fingerprint density at radius 1 is 1.06 bits per heavy atom. The minimum absolute atomic E-state index is 0.00842. The molecule has 3 atom stereocenters. The molecule has 0 saturated carbocycles. The van der Waals surface area contributed by atoms with E-state index >= 15 is 0 Å². The summed E-state index contributed by atoms with van der Waals surface area (Å²) in [4.78, 5) is 40.3. The number of anilines is 2. The highest BCUT2D eigenvalue weighted by Crippen LogP contribution is 2.15. The second-order valence-corrected chi connectivity index (χ2v) is 8.61. The van der Waals surface area contributed by atoms with Gasteiger partial charge in [-0.1, -0.05) is 0 Å². The van der Waals surface area contributed by atoms with Crippen LogP contribution in [-0.4, -0.2) is 82.4 Å². The van der Waals surface area contributed by atoms with Crippen LogP contribution in [0, 0.1) is 0 Å². The van der Waals surface area contributed by atoms with E-state index in [0.717, 1.165) is 6.26 Å². The van der Waals surface area contributed by atoms with Crippen molar-refractivity contribution in [3.63, 3.8) is 0 Å². The molecule has 0 radical (unpaired) electrons. The smallest absolute Gasteiger partial charge is 0.327 e. The summed E-state index contributed by atoms with van der Waals surface area (Å²) < 4.78 is 23.0. The second-order valence-electron chi connectivity index (χ2n) is 6.60. The molecule has 14 heteroatoms. The molecule has 0 bridgehead atoms. The van der Waals surface area contributed by atoms with Crippen molar-refractivity contribution in [3.8, 4) is 0 Å². The first-order valence-corrected chi connectivity index (χ1v) is 10.7. The monoisotopic (exact) mass is 458 g/mol. The van der Waals surface area contributed by atoms with Gasteiger partial charge in [0.15, 0.2) is 9.84 Å². The van der Waals surface area contributed by atoms with Gasteiger partial charge in [-0.05, 0) is 24.3 Å². The molecule has 8 N–H and O–H groups in total. The van der Waals surface area contributed by atoms with Crippen molar-refractivity contribution in [3.05, 3.63) is 50.7 Å². The number of aliphatic hydroxyl groups excluding tert-OH is 4. The summed E-state index contributed by atoms with van der Waals surface area (Å²) in [5, 5.41) is 42.4. The Morgan fingerprint density at radius 3 is 2.23 bits per heavy atom. The third kappa shape index (κ3) is 6.22. The van der Waals surface area contributed by atoms with Gasteiger partial charge in [-0.25, -0.2) is 13.2 Å². The van der Waals surface area contributed by atoms with Crippen molar-refractivity contribution >= 4 is 27.2 Å². The van der Waals surface area contributed by atoms with Crippen molar-refractivity contribution in [2.75, 3.05) is 30.0 Å². The Hall–Kier alpha value is -3.04. The lowest BCUT2D eigenvalue weighted by Gasteiger charge is -2.22. The number of carbonyl (C=O) groups excluding carboxylic acids is 1. The topological polar surface area (TPSA) is 222 Å². The number of nitrogens with one attached hydrogen (secondary N) is 4. The van der Waals surface area contributed by atoms with Gasteiger partial charge in [0.05, 0.1) is 17.6 Å². The quantitative estimate of drug-likeness (QED) is 0.193. The fourth-order valence-corrected chi connectivity index (χ4v) is 3.10. The van der Waals surface area contributed by atoms with Crippen molar-refractivity contribution in [2.45, 2.75) is 23.2 Å². The van der Waals surface area contributed by atoms with Gasteiger partial charge in [0, 0.05) is 18.4 Å². The molecule has 0 saturated heterocycles. The fraction of sp³-hybridized carbons (Fsp3) is 0.353. The van der Waals surface area contributed by atoms with Crippen LogP contribution in [0.25, 0.3) is 0 Å². The van der Waals surface area contributed by atoms with E-state index in [1.807, 2.05) is 4.98 Å². The lowest BCUT2D eigenvalue weighted by Crippen LogP contribution is -2.43. The third-order valence-corrected chi connectivity index (χ3v) is 5.32. The van der Waals surface area contributed by atoms with Crippen molar-refractivity contribution < 1.29 is 33.6 Å². The summed E-state index contributed by atoms with van der Waals surface area (Å²) in [6.45, 7) is -1.27. The van der Waals surface area contributed by atoms with E-state index < -0.39 is 64.1 Å². The molecule has 2 aromatic rings. The highest BCUT2D eigenvalue weighted by atomic mass is 32.2. The summed E-state index contributed by atoms with van der Waals surface area (Å²) in [5.41, 5.74) is -2.29. The molecule has 0 spiro atoms. The van der Waals surface area contributed by atoms with Crippen LogP contribution in [0.3, 0.4) is 0 Å². The minimum atomic E-state index is -3.47. The summed E-state index contributed by atoms with van der Waals surface area (Å²) in [6, 6.07) is 4.89. The number of aliphatic hydroxyl groups is 4. The highest BCUT2D eigenvalue weighted by molar-refractivity contribution is 7.90. The summed E-state index contributed by atoms with van der Waals surface area (Å²) in [6.07, 6.45) is -3.94. The van der Waals surface area contributed by atoms with E-state index in [1.54, 1.807) is 0 Å². The minimum Gasteiger partial charge on any atom is -0.394 e. The van der Waals surface area contributed by atoms with Gasteiger partial charge in [-0.2, -0.15) is 0 Å². The molecule has 13 nitrogen and oxygen atoms in total. The molecule has 1 aromatic carbocycles. The molecular weight excluding hydrogens is 436 g/mol. The first-order chi connectivity index (χ1) is 14.4. The number of aromatic nitrogens is 2. The van der Waals surface area contributed by atoms with E-state index in [2.05, 4.69) is 15.6 Å². The van der Waals surface area contributed by atoms with E-state index in [9.17, 15) is 38.1 Å². The van der Waals surface area contributed by atoms with Crippen LogP contribution in [0.2, 0.25) is 0 Å².